The Labute approximate surface area is 152 Å². The molecule has 3 N–H and O–H groups in total. The monoisotopic (exact) mass is 396 g/mol. The molecule has 1 aromatic carbocycles. The molecular weight excluding hydrogens is 375 g/mol. The van der Waals surface area contributed by atoms with Gasteiger partial charge in [0.2, 0.25) is 10.0 Å². The summed E-state index contributed by atoms with van der Waals surface area (Å²) in [7, 11) is -4.04. The molecule has 2 rings (SSSR count). The first-order valence-electron chi connectivity index (χ1n) is 7.73. The molecule has 1 fully saturated rings. The molecule has 136 valence electrons. The zero-order valence-electron chi connectivity index (χ0n) is 13.5. The summed E-state index contributed by atoms with van der Waals surface area (Å²) >= 11 is 11.5. The summed E-state index contributed by atoms with van der Waals surface area (Å²) in [5, 5.41) is 19.9. The van der Waals surface area contributed by atoms with Gasteiger partial charge in [0.25, 0.3) is 0 Å². The Hall–Kier alpha value is -0.570. The van der Waals surface area contributed by atoms with Crippen LogP contribution in [-0.4, -0.2) is 54.8 Å². The molecule has 9 heteroatoms. The van der Waals surface area contributed by atoms with E-state index in [1.165, 1.54) is 6.07 Å². The van der Waals surface area contributed by atoms with Crippen molar-refractivity contribution in [1.29, 1.82) is 0 Å². The van der Waals surface area contributed by atoms with Crippen molar-refractivity contribution >= 4 is 33.2 Å². The van der Waals surface area contributed by atoms with Crippen LogP contribution in [0.4, 0.5) is 0 Å². The second-order valence-electron chi connectivity index (χ2n) is 6.21. The van der Waals surface area contributed by atoms with Gasteiger partial charge in [0.1, 0.15) is 4.90 Å². The lowest BCUT2D eigenvalue weighted by atomic mass is 10.2. The minimum absolute atomic E-state index is 0.0958. The SMILES string of the molecule is CC1CCC(C)N1C[C@@H](O)CNS(=O)(=O)c1cc(Cl)cc(Cl)c1O. The Morgan fingerprint density at radius 3 is 2.46 bits per heavy atom. The maximum atomic E-state index is 12.3. The molecule has 3 atom stereocenters. The van der Waals surface area contributed by atoms with E-state index < -0.39 is 26.8 Å². The molecule has 24 heavy (non-hydrogen) atoms. The molecule has 0 spiro atoms. The van der Waals surface area contributed by atoms with E-state index in [0.717, 1.165) is 18.9 Å². The summed E-state index contributed by atoms with van der Waals surface area (Å²) in [4.78, 5) is 1.75. The number of nitrogens with one attached hydrogen (secondary N) is 1. The fourth-order valence-corrected chi connectivity index (χ4v) is 4.78. The number of β-amino-alcohol motifs (C(OH)–C–C–N with tert-alkyl or cyclic N) is 1. The van der Waals surface area contributed by atoms with Gasteiger partial charge in [-0.1, -0.05) is 23.2 Å². The Bertz CT molecular complexity index is 689. The van der Waals surface area contributed by atoms with Gasteiger partial charge in [0, 0.05) is 30.2 Å². The van der Waals surface area contributed by atoms with E-state index in [4.69, 9.17) is 23.2 Å². The molecule has 1 aliphatic heterocycles. The third-order valence-corrected chi connectivity index (χ3v) is 6.29. The molecule has 0 radical (unpaired) electrons. The summed E-state index contributed by atoms with van der Waals surface area (Å²) in [5.41, 5.74) is 0. The highest BCUT2D eigenvalue weighted by Crippen LogP contribution is 2.34. The van der Waals surface area contributed by atoms with Crippen molar-refractivity contribution in [2.45, 2.75) is 49.8 Å². The van der Waals surface area contributed by atoms with Crippen LogP contribution in [-0.2, 0) is 10.0 Å². The van der Waals surface area contributed by atoms with Crippen LogP contribution in [0.25, 0.3) is 0 Å². The average molecular weight is 397 g/mol. The van der Waals surface area contributed by atoms with Crippen LogP contribution in [0.2, 0.25) is 10.0 Å². The fraction of sp³-hybridized carbons (Fsp3) is 0.600. The van der Waals surface area contributed by atoms with Crippen molar-refractivity contribution < 1.29 is 18.6 Å². The predicted octanol–water partition coefficient (Wildman–Crippen LogP) is 2.21. The Morgan fingerprint density at radius 2 is 1.88 bits per heavy atom. The highest BCUT2D eigenvalue weighted by Gasteiger charge is 2.29. The first kappa shape index (κ1) is 19.8. The third kappa shape index (κ3) is 4.53. The number of benzene rings is 1. The zero-order valence-corrected chi connectivity index (χ0v) is 15.9. The van der Waals surface area contributed by atoms with Crippen LogP contribution < -0.4 is 4.72 Å². The van der Waals surface area contributed by atoms with Gasteiger partial charge in [-0.3, -0.25) is 4.90 Å². The van der Waals surface area contributed by atoms with E-state index in [2.05, 4.69) is 23.5 Å². The van der Waals surface area contributed by atoms with Crippen LogP contribution >= 0.6 is 23.2 Å². The molecule has 1 saturated heterocycles. The van der Waals surface area contributed by atoms with Crippen molar-refractivity contribution in [3.05, 3.63) is 22.2 Å². The predicted molar refractivity (Wildman–Crippen MR) is 94.2 cm³/mol. The first-order valence-corrected chi connectivity index (χ1v) is 9.97. The van der Waals surface area contributed by atoms with Gasteiger partial charge in [-0.2, -0.15) is 0 Å². The number of sulfonamides is 1. The number of phenols is 1. The van der Waals surface area contributed by atoms with Crippen molar-refractivity contribution in [3.63, 3.8) is 0 Å². The number of hydrogen-bond donors (Lipinski definition) is 3. The van der Waals surface area contributed by atoms with E-state index in [-0.39, 0.29) is 16.6 Å². The molecule has 1 heterocycles. The van der Waals surface area contributed by atoms with Crippen LogP contribution in [0.15, 0.2) is 17.0 Å². The summed E-state index contributed by atoms with van der Waals surface area (Å²) in [6.45, 7) is 4.40. The Kier molecular flexibility index (Phi) is 6.39. The summed E-state index contributed by atoms with van der Waals surface area (Å²) in [5.74, 6) is -0.565. The summed E-state index contributed by atoms with van der Waals surface area (Å²) < 4.78 is 26.9. The number of aliphatic hydroxyl groups is 1. The standard InChI is InChI=1S/C15H22Cl2N2O4S/c1-9-3-4-10(2)19(9)8-12(20)7-18-24(22,23)14-6-11(16)5-13(17)15(14)21/h5-6,9-10,12,18,20-21H,3-4,7-8H2,1-2H3/t9?,10?,12-/m0/s1. The van der Waals surface area contributed by atoms with E-state index in [1.807, 2.05) is 0 Å². The van der Waals surface area contributed by atoms with E-state index in [9.17, 15) is 18.6 Å². The van der Waals surface area contributed by atoms with Crippen molar-refractivity contribution in [2.75, 3.05) is 13.1 Å². The highest BCUT2D eigenvalue weighted by molar-refractivity contribution is 7.89. The van der Waals surface area contributed by atoms with Crippen molar-refractivity contribution in [1.82, 2.24) is 9.62 Å². The summed E-state index contributed by atoms with van der Waals surface area (Å²) in [6, 6.07) is 3.09. The highest BCUT2D eigenvalue weighted by atomic mass is 35.5. The molecule has 6 nitrogen and oxygen atoms in total. The minimum Gasteiger partial charge on any atom is -0.505 e. The number of phenolic OH excluding ortho intramolecular Hbond substituents is 1. The van der Waals surface area contributed by atoms with Gasteiger partial charge in [-0.15, -0.1) is 0 Å². The van der Waals surface area contributed by atoms with Crippen molar-refractivity contribution in [3.8, 4) is 5.75 Å². The van der Waals surface area contributed by atoms with Crippen LogP contribution in [0.1, 0.15) is 26.7 Å². The Balaban J connectivity index is 2.03. The zero-order chi connectivity index (χ0) is 18.1. The lowest BCUT2D eigenvalue weighted by Gasteiger charge is -2.28. The van der Waals surface area contributed by atoms with E-state index in [0.29, 0.717) is 18.6 Å². The smallest absolute Gasteiger partial charge is 0.244 e. The number of hydrogen-bond acceptors (Lipinski definition) is 5. The van der Waals surface area contributed by atoms with Gasteiger partial charge >= 0.3 is 0 Å². The van der Waals surface area contributed by atoms with Gasteiger partial charge in [0.05, 0.1) is 11.1 Å². The maximum absolute atomic E-state index is 12.3. The molecule has 1 aromatic rings. The average Bonchev–Trinajstić information content (AvgIpc) is 2.80. The number of aromatic hydroxyl groups is 1. The van der Waals surface area contributed by atoms with Gasteiger partial charge in [-0.25, -0.2) is 13.1 Å². The topological polar surface area (TPSA) is 89.9 Å². The number of halogens is 2. The first-order chi connectivity index (χ1) is 11.1. The lowest BCUT2D eigenvalue weighted by Crippen LogP contribution is -2.43. The van der Waals surface area contributed by atoms with Crippen LogP contribution in [0.5, 0.6) is 5.75 Å². The minimum atomic E-state index is -4.04. The Morgan fingerprint density at radius 1 is 1.29 bits per heavy atom. The number of nitrogens with zero attached hydrogens (tertiary/aromatic N) is 1. The molecule has 1 aliphatic rings. The van der Waals surface area contributed by atoms with E-state index in [1.54, 1.807) is 0 Å². The van der Waals surface area contributed by atoms with Crippen molar-refractivity contribution in [2.24, 2.45) is 0 Å². The second kappa shape index (κ2) is 7.76. The van der Waals surface area contributed by atoms with Gasteiger partial charge < -0.3 is 10.2 Å². The van der Waals surface area contributed by atoms with E-state index >= 15 is 0 Å². The fourth-order valence-electron chi connectivity index (χ4n) is 2.95. The molecular formula is C15H22Cl2N2O4S. The molecule has 0 saturated carbocycles. The number of rotatable bonds is 6. The maximum Gasteiger partial charge on any atom is 0.244 e. The normalized spacial score (nSPS) is 23.5. The van der Waals surface area contributed by atoms with Gasteiger partial charge in [0.15, 0.2) is 5.75 Å². The third-order valence-electron chi connectivity index (χ3n) is 4.35. The molecule has 0 aliphatic carbocycles. The van der Waals surface area contributed by atoms with Crippen LogP contribution in [0, 0.1) is 0 Å². The molecule has 0 amide bonds. The van der Waals surface area contributed by atoms with Gasteiger partial charge in [-0.05, 0) is 38.8 Å². The summed E-state index contributed by atoms with van der Waals surface area (Å²) in [6.07, 6.45) is 1.27. The van der Waals surface area contributed by atoms with Crippen LogP contribution in [0.3, 0.4) is 0 Å². The second-order valence-corrected chi connectivity index (χ2v) is 8.79. The largest absolute Gasteiger partial charge is 0.505 e. The lowest BCUT2D eigenvalue weighted by molar-refractivity contribution is 0.0941. The molecule has 2 unspecified atom stereocenters. The number of aliphatic hydroxyl groups excluding tert-OH is 1. The molecule has 0 aromatic heterocycles. The quantitative estimate of drug-likeness (QED) is 0.685. The number of likely N-dealkylation sites (tertiary alicyclic amines) is 1. The molecule has 0 bridgehead atoms.